The number of rotatable bonds is 8. The summed E-state index contributed by atoms with van der Waals surface area (Å²) < 4.78 is 0. The summed E-state index contributed by atoms with van der Waals surface area (Å²) in [6.07, 6.45) is 3.37. The minimum absolute atomic E-state index is 0.0513. The van der Waals surface area contributed by atoms with E-state index in [1.54, 1.807) is 11.1 Å². The molecule has 1 aliphatic rings. The van der Waals surface area contributed by atoms with Crippen LogP contribution in [-0.2, 0) is 9.59 Å². The van der Waals surface area contributed by atoms with Crippen LogP contribution >= 0.6 is 0 Å². The third kappa shape index (κ3) is 4.89. The van der Waals surface area contributed by atoms with E-state index in [0.717, 1.165) is 23.0 Å². The molecule has 1 aliphatic heterocycles. The second-order valence-electron chi connectivity index (χ2n) is 8.67. The molecule has 172 valence electrons. The zero-order valence-electron chi connectivity index (χ0n) is 18.9. The molecule has 0 aliphatic carbocycles. The normalized spacial score (nSPS) is 19.5. The number of fused-ring (bicyclic) bond motifs is 1. The molecule has 1 fully saturated rings. The Balaban J connectivity index is 1.65. The molecule has 0 bridgehead atoms. The molecule has 4 N–H and O–H groups in total. The Hall–Kier alpha value is -3.29. The van der Waals surface area contributed by atoms with Gasteiger partial charge in [-0.25, -0.2) is 0 Å². The molecule has 0 radical (unpaired) electrons. The van der Waals surface area contributed by atoms with Crippen molar-refractivity contribution in [2.24, 2.45) is 17.4 Å². The Kier molecular flexibility index (Phi) is 7.01. The number of hydrogen-bond donors (Lipinski definition) is 2. The van der Waals surface area contributed by atoms with Gasteiger partial charge < -0.3 is 11.5 Å². The lowest BCUT2D eigenvalue weighted by Gasteiger charge is -2.32. The topological polar surface area (TPSA) is 106 Å². The summed E-state index contributed by atoms with van der Waals surface area (Å²) in [6.45, 7) is 3.22. The highest BCUT2D eigenvalue weighted by molar-refractivity contribution is 6.02. The maximum Gasteiger partial charge on any atom is 0.234 e. The highest BCUT2D eigenvalue weighted by Gasteiger charge is 2.39. The van der Waals surface area contributed by atoms with Crippen molar-refractivity contribution in [2.45, 2.75) is 38.3 Å². The van der Waals surface area contributed by atoms with Crippen LogP contribution in [0.25, 0.3) is 10.9 Å². The molecule has 2 aromatic carbocycles. The monoisotopic (exact) mass is 445 g/mol. The van der Waals surface area contributed by atoms with Crippen molar-refractivity contribution in [2.75, 3.05) is 18.0 Å². The molecule has 33 heavy (non-hydrogen) atoms. The van der Waals surface area contributed by atoms with Crippen molar-refractivity contribution in [3.05, 3.63) is 66.9 Å². The number of benzene rings is 2. The third-order valence-corrected chi connectivity index (χ3v) is 6.54. The first-order valence-corrected chi connectivity index (χ1v) is 11.5. The number of likely N-dealkylation sites (tertiary alicyclic amines) is 1. The predicted molar refractivity (Wildman–Crippen MR) is 131 cm³/mol. The van der Waals surface area contributed by atoms with Crippen molar-refractivity contribution in [1.82, 2.24) is 9.88 Å². The molecular weight excluding hydrogens is 414 g/mol. The van der Waals surface area contributed by atoms with E-state index in [1.807, 2.05) is 67.6 Å². The van der Waals surface area contributed by atoms with Gasteiger partial charge in [-0.05, 0) is 49.6 Å². The lowest BCUT2D eigenvalue weighted by Crippen LogP contribution is -2.47. The number of carbonyl (C=O) groups excluding carboxylic acids is 2. The van der Waals surface area contributed by atoms with Crippen LogP contribution in [-0.4, -0.2) is 46.9 Å². The molecule has 0 unspecified atom stereocenters. The summed E-state index contributed by atoms with van der Waals surface area (Å²) in [6, 6.07) is 18.9. The van der Waals surface area contributed by atoms with Crippen LogP contribution in [0.3, 0.4) is 0 Å². The first kappa shape index (κ1) is 22.9. The maximum absolute atomic E-state index is 13.8. The van der Waals surface area contributed by atoms with Crippen molar-refractivity contribution in [3.63, 3.8) is 0 Å². The van der Waals surface area contributed by atoms with Gasteiger partial charge in [-0.1, -0.05) is 43.3 Å². The molecule has 7 heteroatoms. The molecule has 1 saturated heterocycles. The van der Waals surface area contributed by atoms with Crippen molar-refractivity contribution in [1.29, 1.82) is 0 Å². The van der Waals surface area contributed by atoms with E-state index in [-0.39, 0.29) is 36.2 Å². The van der Waals surface area contributed by atoms with Gasteiger partial charge in [-0.15, -0.1) is 0 Å². The quantitative estimate of drug-likeness (QED) is 0.554. The SMILES string of the molecule is CC[C@H](CC(=O)N(c1ccccc1)c1cnc2ccccc2c1)N1C[C@@H](CN)C[C@@H]1C(N)=O. The van der Waals surface area contributed by atoms with E-state index < -0.39 is 0 Å². The Morgan fingerprint density at radius 2 is 1.85 bits per heavy atom. The maximum atomic E-state index is 13.8. The smallest absolute Gasteiger partial charge is 0.234 e. The molecule has 2 heterocycles. The lowest BCUT2D eigenvalue weighted by atomic mass is 10.0. The number of nitrogens with zero attached hydrogens (tertiary/aromatic N) is 3. The number of primary amides is 1. The average Bonchev–Trinajstić information content (AvgIpc) is 3.28. The average molecular weight is 446 g/mol. The highest BCUT2D eigenvalue weighted by Crippen LogP contribution is 2.31. The van der Waals surface area contributed by atoms with Gasteiger partial charge in [0.1, 0.15) is 0 Å². The molecule has 3 aromatic rings. The largest absolute Gasteiger partial charge is 0.368 e. The number of pyridine rings is 1. The lowest BCUT2D eigenvalue weighted by molar-refractivity contribution is -0.125. The van der Waals surface area contributed by atoms with Crippen molar-refractivity contribution < 1.29 is 9.59 Å². The number of anilines is 2. The summed E-state index contributed by atoms with van der Waals surface area (Å²) in [5.41, 5.74) is 14.0. The summed E-state index contributed by atoms with van der Waals surface area (Å²) in [5, 5.41) is 0.967. The molecular formula is C26H31N5O2. The molecule has 7 nitrogen and oxygen atoms in total. The van der Waals surface area contributed by atoms with E-state index in [1.165, 1.54) is 0 Å². The Bertz CT molecular complexity index is 1120. The van der Waals surface area contributed by atoms with Gasteiger partial charge in [0.25, 0.3) is 0 Å². The van der Waals surface area contributed by atoms with Crippen molar-refractivity contribution in [3.8, 4) is 0 Å². The van der Waals surface area contributed by atoms with E-state index in [9.17, 15) is 9.59 Å². The zero-order valence-corrected chi connectivity index (χ0v) is 18.9. The molecule has 4 rings (SSSR count). The van der Waals surface area contributed by atoms with Crippen LogP contribution in [0.4, 0.5) is 11.4 Å². The Morgan fingerprint density at radius 3 is 2.55 bits per heavy atom. The fourth-order valence-electron chi connectivity index (χ4n) is 4.79. The van der Waals surface area contributed by atoms with Crippen LogP contribution in [0.2, 0.25) is 0 Å². The first-order valence-electron chi connectivity index (χ1n) is 11.5. The van der Waals surface area contributed by atoms with Gasteiger partial charge in [0, 0.05) is 30.1 Å². The second-order valence-corrected chi connectivity index (χ2v) is 8.67. The van der Waals surface area contributed by atoms with Gasteiger partial charge in [-0.3, -0.25) is 24.4 Å². The Morgan fingerprint density at radius 1 is 1.12 bits per heavy atom. The number of nitrogens with two attached hydrogens (primary N) is 2. The second kappa shape index (κ2) is 10.1. The fourth-order valence-corrected chi connectivity index (χ4v) is 4.79. The molecule has 0 spiro atoms. The van der Waals surface area contributed by atoms with E-state index in [4.69, 9.17) is 11.5 Å². The van der Waals surface area contributed by atoms with Crippen LogP contribution in [0.15, 0.2) is 66.9 Å². The van der Waals surface area contributed by atoms with E-state index in [2.05, 4.69) is 9.88 Å². The van der Waals surface area contributed by atoms with Crippen molar-refractivity contribution >= 4 is 34.1 Å². The molecule has 1 aromatic heterocycles. The zero-order chi connectivity index (χ0) is 23.4. The van der Waals surface area contributed by atoms with Crippen LogP contribution in [0.1, 0.15) is 26.2 Å². The molecule has 2 amide bonds. The molecule has 0 saturated carbocycles. The van der Waals surface area contributed by atoms with Crippen LogP contribution in [0, 0.1) is 5.92 Å². The van der Waals surface area contributed by atoms with Gasteiger partial charge in [0.05, 0.1) is 23.4 Å². The van der Waals surface area contributed by atoms with Crippen LogP contribution < -0.4 is 16.4 Å². The fraction of sp³-hybridized carbons (Fsp3) is 0.346. The first-order chi connectivity index (χ1) is 16.0. The minimum atomic E-state index is -0.385. The van der Waals surface area contributed by atoms with Gasteiger partial charge >= 0.3 is 0 Å². The summed E-state index contributed by atoms with van der Waals surface area (Å²) in [4.78, 5) is 34.2. The number of para-hydroxylation sites is 2. The third-order valence-electron chi connectivity index (χ3n) is 6.54. The van der Waals surface area contributed by atoms with Gasteiger partial charge in [-0.2, -0.15) is 0 Å². The minimum Gasteiger partial charge on any atom is -0.368 e. The van der Waals surface area contributed by atoms with Gasteiger partial charge in [0.2, 0.25) is 11.8 Å². The highest BCUT2D eigenvalue weighted by atomic mass is 16.2. The predicted octanol–water partition coefficient (Wildman–Crippen LogP) is 3.20. The molecule has 3 atom stereocenters. The summed E-state index contributed by atoms with van der Waals surface area (Å²) in [7, 11) is 0. The summed E-state index contributed by atoms with van der Waals surface area (Å²) >= 11 is 0. The van der Waals surface area contributed by atoms with Gasteiger partial charge in [0.15, 0.2) is 0 Å². The number of hydrogen-bond acceptors (Lipinski definition) is 5. The number of amides is 2. The summed E-state index contributed by atoms with van der Waals surface area (Å²) in [5.74, 6) is -0.193. The number of aromatic nitrogens is 1. The standard InChI is InChI=1S/C26H31N5O2/c1-2-20(30-17-18(15-27)12-24(30)26(28)33)14-25(32)31(21-9-4-3-5-10-21)22-13-19-8-6-7-11-23(19)29-16-22/h3-11,13,16,18,20,24H,2,12,14-15,17,27H2,1H3,(H2,28,33)/t18-,20-,24-/m1/s1. The van der Waals surface area contributed by atoms with E-state index >= 15 is 0 Å². The van der Waals surface area contributed by atoms with E-state index in [0.29, 0.717) is 25.2 Å². The number of carbonyl (C=O) groups is 2. The Labute approximate surface area is 194 Å². The van der Waals surface area contributed by atoms with Crippen LogP contribution in [0.5, 0.6) is 0 Å².